The second-order valence-electron chi connectivity index (χ2n) is 4.93. The van der Waals surface area contributed by atoms with Gasteiger partial charge in [0.05, 0.1) is 7.11 Å². The molecule has 0 spiro atoms. The van der Waals surface area contributed by atoms with Crippen molar-refractivity contribution in [3.05, 3.63) is 29.3 Å². The number of halogens is 5. The fourth-order valence-electron chi connectivity index (χ4n) is 2.61. The summed E-state index contributed by atoms with van der Waals surface area (Å²) >= 11 is 0. The van der Waals surface area contributed by atoms with E-state index in [4.69, 9.17) is 4.74 Å². The number of hydrogen-bond acceptors (Lipinski definition) is 3. The molecule has 1 aliphatic heterocycles. The first-order valence-electron chi connectivity index (χ1n) is 6.78. The Morgan fingerprint density at radius 3 is 2.18 bits per heavy atom. The van der Waals surface area contributed by atoms with E-state index in [0.29, 0.717) is 26.2 Å². The van der Waals surface area contributed by atoms with Gasteiger partial charge in [0, 0.05) is 56.3 Å². The summed E-state index contributed by atoms with van der Waals surface area (Å²) in [6.45, 7) is 2.17. The summed E-state index contributed by atoms with van der Waals surface area (Å²) in [7, 11) is 1.29. The van der Waals surface area contributed by atoms with Gasteiger partial charge in [-0.25, -0.2) is 17.6 Å². The summed E-state index contributed by atoms with van der Waals surface area (Å²) in [5.41, 5.74) is -0.307. The minimum atomic E-state index is -2.63. The first-order chi connectivity index (χ1) is 10.0. The van der Waals surface area contributed by atoms with Crippen LogP contribution in [-0.2, 0) is 0 Å². The average Bonchev–Trinajstić information content (AvgIpc) is 2.45. The van der Waals surface area contributed by atoms with E-state index in [1.165, 1.54) is 7.11 Å². The molecular formula is C14H19ClF4N2O. The van der Waals surface area contributed by atoms with Gasteiger partial charge < -0.3 is 10.1 Å². The standard InChI is InChI=1S/C14H18F4N2O.ClH/c1-21-9-6-10(15)14(11(16)7-9)12(8-13(17)18)20-4-2-19-3-5-20;/h6-7,12-13,19H,2-5,8H2,1H3;1H/t12-;/m0./s1. The number of rotatable bonds is 5. The van der Waals surface area contributed by atoms with Gasteiger partial charge in [-0.05, 0) is 0 Å². The van der Waals surface area contributed by atoms with Crippen molar-refractivity contribution in [2.45, 2.75) is 18.9 Å². The summed E-state index contributed by atoms with van der Waals surface area (Å²) < 4.78 is 58.7. The van der Waals surface area contributed by atoms with Crippen LogP contribution >= 0.6 is 12.4 Å². The topological polar surface area (TPSA) is 24.5 Å². The summed E-state index contributed by atoms with van der Waals surface area (Å²) in [4.78, 5) is 1.69. The molecular weight excluding hydrogens is 324 g/mol. The molecule has 0 amide bonds. The molecule has 1 aromatic rings. The molecule has 1 aromatic carbocycles. The van der Waals surface area contributed by atoms with Gasteiger partial charge in [0.25, 0.3) is 0 Å². The van der Waals surface area contributed by atoms with E-state index in [9.17, 15) is 17.6 Å². The van der Waals surface area contributed by atoms with Crippen LogP contribution < -0.4 is 10.1 Å². The minimum absolute atomic E-state index is 0. The number of methoxy groups -OCH3 is 1. The van der Waals surface area contributed by atoms with Gasteiger partial charge in [0.2, 0.25) is 6.43 Å². The van der Waals surface area contributed by atoms with Crippen LogP contribution in [0.1, 0.15) is 18.0 Å². The molecule has 1 saturated heterocycles. The highest BCUT2D eigenvalue weighted by Gasteiger charge is 2.30. The lowest BCUT2D eigenvalue weighted by Gasteiger charge is -2.35. The second kappa shape index (κ2) is 8.55. The Balaban J connectivity index is 0.00000242. The van der Waals surface area contributed by atoms with E-state index in [1.807, 2.05) is 0 Å². The number of benzene rings is 1. The molecule has 0 bridgehead atoms. The molecule has 1 aliphatic rings. The highest BCUT2D eigenvalue weighted by Crippen LogP contribution is 2.33. The number of nitrogens with one attached hydrogen (secondary N) is 1. The zero-order valence-corrected chi connectivity index (χ0v) is 12.9. The van der Waals surface area contributed by atoms with Gasteiger partial charge >= 0.3 is 0 Å². The van der Waals surface area contributed by atoms with Gasteiger partial charge in [-0.15, -0.1) is 12.4 Å². The zero-order chi connectivity index (χ0) is 15.4. The van der Waals surface area contributed by atoms with Crippen LogP contribution in [0.15, 0.2) is 12.1 Å². The van der Waals surface area contributed by atoms with Crippen LogP contribution in [0.2, 0.25) is 0 Å². The molecule has 126 valence electrons. The van der Waals surface area contributed by atoms with Crippen molar-refractivity contribution >= 4 is 12.4 Å². The molecule has 0 radical (unpaired) electrons. The van der Waals surface area contributed by atoms with Crippen molar-refractivity contribution < 1.29 is 22.3 Å². The molecule has 3 nitrogen and oxygen atoms in total. The number of alkyl halides is 2. The average molecular weight is 343 g/mol. The lowest BCUT2D eigenvalue weighted by atomic mass is 9.99. The fourth-order valence-corrected chi connectivity index (χ4v) is 2.61. The first-order valence-corrected chi connectivity index (χ1v) is 6.78. The predicted molar refractivity (Wildman–Crippen MR) is 78.0 cm³/mol. The zero-order valence-electron chi connectivity index (χ0n) is 12.1. The number of hydrogen-bond donors (Lipinski definition) is 1. The third-order valence-corrected chi connectivity index (χ3v) is 3.62. The number of nitrogens with zero attached hydrogens (tertiary/aromatic N) is 1. The van der Waals surface area contributed by atoms with Crippen LogP contribution in [0.5, 0.6) is 5.75 Å². The van der Waals surface area contributed by atoms with Crippen LogP contribution in [0.3, 0.4) is 0 Å². The quantitative estimate of drug-likeness (QED) is 0.833. The van der Waals surface area contributed by atoms with Crippen molar-refractivity contribution in [3.8, 4) is 5.75 Å². The Hall–Kier alpha value is -1.05. The second-order valence-corrected chi connectivity index (χ2v) is 4.93. The third kappa shape index (κ3) is 4.47. The van der Waals surface area contributed by atoms with Gasteiger partial charge in [-0.2, -0.15) is 0 Å². The maximum absolute atomic E-state index is 14.1. The maximum atomic E-state index is 14.1. The lowest BCUT2D eigenvalue weighted by molar-refractivity contribution is 0.0709. The van der Waals surface area contributed by atoms with Gasteiger partial charge in [0.15, 0.2) is 0 Å². The SMILES string of the molecule is COc1cc(F)c([C@H](CC(F)F)N2CCNCC2)c(F)c1.Cl. The predicted octanol–water partition coefficient (Wildman–Crippen LogP) is 3.00. The summed E-state index contributed by atoms with van der Waals surface area (Å²) in [6, 6.07) is 1.08. The summed E-state index contributed by atoms with van der Waals surface area (Å²) in [5, 5.41) is 3.09. The van der Waals surface area contributed by atoms with Crippen LogP contribution in [0, 0.1) is 11.6 Å². The fraction of sp³-hybridized carbons (Fsp3) is 0.571. The Morgan fingerprint density at radius 1 is 1.18 bits per heavy atom. The Labute approximate surface area is 133 Å². The molecule has 0 saturated carbocycles. The third-order valence-electron chi connectivity index (χ3n) is 3.62. The largest absolute Gasteiger partial charge is 0.497 e. The molecule has 0 unspecified atom stereocenters. The molecule has 2 rings (SSSR count). The monoisotopic (exact) mass is 342 g/mol. The van der Waals surface area contributed by atoms with E-state index < -0.39 is 30.5 Å². The van der Waals surface area contributed by atoms with Gasteiger partial charge in [0.1, 0.15) is 17.4 Å². The van der Waals surface area contributed by atoms with Gasteiger partial charge in [-0.1, -0.05) is 0 Å². The highest BCUT2D eigenvalue weighted by molar-refractivity contribution is 5.85. The van der Waals surface area contributed by atoms with Crippen molar-refractivity contribution in [1.29, 1.82) is 0 Å². The lowest BCUT2D eigenvalue weighted by Crippen LogP contribution is -2.46. The van der Waals surface area contributed by atoms with Crippen molar-refractivity contribution in [1.82, 2.24) is 10.2 Å². The summed E-state index contributed by atoms with van der Waals surface area (Å²) in [6.07, 6.45) is -3.23. The van der Waals surface area contributed by atoms with E-state index in [2.05, 4.69) is 5.32 Å². The molecule has 0 aromatic heterocycles. The van der Waals surface area contributed by atoms with Crippen molar-refractivity contribution in [2.75, 3.05) is 33.3 Å². The molecule has 8 heteroatoms. The molecule has 1 atom stereocenters. The molecule has 1 heterocycles. The van der Waals surface area contributed by atoms with E-state index >= 15 is 0 Å². The normalized spacial score (nSPS) is 17.2. The summed E-state index contributed by atoms with van der Waals surface area (Å²) in [5.74, 6) is -1.67. The Bertz CT molecular complexity index is 461. The van der Waals surface area contributed by atoms with Crippen molar-refractivity contribution in [3.63, 3.8) is 0 Å². The van der Waals surface area contributed by atoms with Crippen LogP contribution in [0.4, 0.5) is 17.6 Å². The molecule has 22 heavy (non-hydrogen) atoms. The van der Waals surface area contributed by atoms with E-state index in [-0.39, 0.29) is 23.7 Å². The van der Waals surface area contributed by atoms with E-state index in [0.717, 1.165) is 12.1 Å². The number of piperazine rings is 1. The maximum Gasteiger partial charge on any atom is 0.240 e. The van der Waals surface area contributed by atoms with Crippen LogP contribution in [-0.4, -0.2) is 44.6 Å². The Morgan fingerprint density at radius 2 is 1.73 bits per heavy atom. The molecule has 1 fully saturated rings. The Kier molecular flexibility index (Phi) is 7.38. The smallest absolute Gasteiger partial charge is 0.240 e. The van der Waals surface area contributed by atoms with E-state index in [1.54, 1.807) is 4.90 Å². The first kappa shape index (κ1) is 19.0. The van der Waals surface area contributed by atoms with Crippen molar-refractivity contribution in [2.24, 2.45) is 0 Å². The molecule has 1 N–H and O–H groups in total. The minimum Gasteiger partial charge on any atom is -0.497 e. The molecule has 0 aliphatic carbocycles. The highest BCUT2D eigenvalue weighted by atomic mass is 35.5. The van der Waals surface area contributed by atoms with Crippen LogP contribution in [0.25, 0.3) is 0 Å². The van der Waals surface area contributed by atoms with Gasteiger partial charge in [-0.3, -0.25) is 4.90 Å². The number of ether oxygens (including phenoxy) is 1.